The highest BCUT2D eigenvalue weighted by molar-refractivity contribution is 6.04. The Hall–Kier alpha value is -2.24. The summed E-state index contributed by atoms with van der Waals surface area (Å²) in [6.45, 7) is 1.01. The molecule has 3 amide bonds. The first-order valence-electron chi connectivity index (χ1n) is 5.25. The number of carbonyl (C=O) groups is 2. The molecule has 88 valence electrons. The molecule has 0 spiro atoms. The van der Waals surface area contributed by atoms with E-state index in [4.69, 9.17) is 9.47 Å². The van der Waals surface area contributed by atoms with Gasteiger partial charge in [-0.05, 0) is 17.7 Å². The molecule has 0 saturated carbocycles. The van der Waals surface area contributed by atoms with Crippen molar-refractivity contribution in [3.8, 4) is 11.5 Å². The Morgan fingerprint density at radius 1 is 1.12 bits per heavy atom. The van der Waals surface area contributed by atoms with Gasteiger partial charge >= 0.3 is 6.03 Å². The van der Waals surface area contributed by atoms with Crippen molar-refractivity contribution in [1.29, 1.82) is 0 Å². The number of urea groups is 1. The molecule has 17 heavy (non-hydrogen) atoms. The molecule has 2 N–H and O–H groups in total. The quantitative estimate of drug-likeness (QED) is 0.687. The molecule has 6 heteroatoms. The second kappa shape index (κ2) is 3.65. The summed E-state index contributed by atoms with van der Waals surface area (Å²) in [6.07, 6.45) is 0. The van der Waals surface area contributed by atoms with Gasteiger partial charge in [0.2, 0.25) is 0 Å². The number of benzene rings is 1. The second-order valence-electron chi connectivity index (χ2n) is 3.80. The van der Waals surface area contributed by atoms with Gasteiger partial charge in [0.1, 0.15) is 19.3 Å². The lowest BCUT2D eigenvalue weighted by Crippen LogP contribution is -2.22. The molecule has 1 aromatic carbocycles. The van der Waals surface area contributed by atoms with Crippen LogP contribution in [0, 0.1) is 0 Å². The number of hydrogen-bond donors (Lipinski definition) is 2. The molecule has 0 bridgehead atoms. The number of fused-ring (bicyclic) bond motifs is 1. The smallest absolute Gasteiger partial charge is 0.322 e. The third-order valence-electron chi connectivity index (χ3n) is 2.67. The lowest BCUT2D eigenvalue weighted by Gasteiger charge is -2.19. The van der Waals surface area contributed by atoms with Crippen LogP contribution in [-0.2, 0) is 4.79 Å². The summed E-state index contributed by atoms with van der Waals surface area (Å²) in [7, 11) is 0. The van der Waals surface area contributed by atoms with Crippen LogP contribution in [0.2, 0.25) is 0 Å². The molecule has 2 aliphatic rings. The molecule has 1 saturated heterocycles. The highest BCUT2D eigenvalue weighted by Crippen LogP contribution is 2.33. The van der Waals surface area contributed by atoms with Gasteiger partial charge in [-0.1, -0.05) is 6.07 Å². The van der Waals surface area contributed by atoms with Crippen LogP contribution >= 0.6 is 0 Å². The minimum absolute atomic E-state index is 0.355. The normalized spacial score (nSPS) is 22.0. The van der Waals surface area contributed by atoms with Crippen molar-refractivity contribution in [2.24, 2.45) is 0 Å². The van der Waals surface area contributed by atoms with Gasteiger partial charge in [-0.25, -0.2) is 4.79 Å². The summed E-state index contributed by atoms with van der Waals surface area (Å²) in [4.78, 5) is 22.5. The van der Waals surface area contributed by atoms with Crippen molar-refractivity contribution in [1.82, 2.24) is 10.6 Å². The van der Waals surface area contributed by atoms with Crippen LogP contribution in [0.25, 0.3) is 0 Å². The van der Waals surface area contributed by atoms with Gasteiger partial charge in [0.15, 0.2) is 11.5 Å². The van der Waals surface area contributed by atoms with Crippen molar-refractivity contribution in [2.45, 2.75) is 6.04 Å². The van der Waals surface area contributed by atoms with Crippen molar-refractivity contribution < 1.29 is 19.1 Å². The highest BCUT2D eigenvalue weighted by Gasteiger charge is 2.31. The van der Waals surface area contributed by atoms with Crippen LogP contribution in [0.4, 0.5) is 4.79 Å². The Morgan fingerprint density at radius 3 is 2.59 bits per heavy atom. The zero-order chi connectivity index (χ0) is 11.8. The van der Waals surface area contributed by atoms with Gasteiger partial charge in [-0.15, -0.1) is 0 Å². The second-order valence-corrected chi connectivity index (χ2v) is 3.80. The van der Waals surface area contributed by atoms with E-state index < -0.39 is 12.1 Å². The molecule has 6 nitrogen and oxygen atoms in total. The molecule has 1 atom stereocenters. The van der Waals surface area contributed by atoms with Gasteiger partial charge in [0.25, 0.3) is 5.91 Å². The van der Waals surface area contributed by atoms with E-state index in [1.165, 1.54) is 0 Å². The van der Waals surface area contributed by atoms with E-state index in [2.05, 4.69) is 10.6 Å². The molecule has 0 aromatic heterocycles. The van der Waals surface area contributed by atoms with Crippen LogP contribution in [0.5, 0.6) is 11.5 Å². The topological polar surface area (TPSA) is 76.7 Å². The highest BCUT2D eigenvalue weighted by atomic mass is 16.6. The fraction of sp³-hybridized carbons (Fsp3) is 0.273. The van der Waals surface area contributed by atoms with Gasteiger partial charge < -0.3 is 14.8 Å². The van der Waals surface area contributed by atoms with E-state index in [0.29, 0.717) is 30.3 Å². The molecule has 0 unspecified atom stereocenters. The van der Waals surface area contributed by atoms with Gasteiger partial charge in [-0.2, -0.15) is 0 Å². The molecule has 1 aromatic rings. The maximum Gasteiger partial charge on any atom is 0.322 e. The van der Waals surface area contributed by atoms with E-state index in [1.54, 1.807) is 18.2 Å². The molecule has 2 aliphatic heterocycles. The van der Waals surface area contributed by atoms with Crippen molar-refractivity contribution in [2.75, 3.05) is 13.2 Å². The summed E-state index contributed by atoms with van der Waals surface area (Å²) in [6, 6.07) is 4.06. The van der Waals surface area contributed by atoms with Crippen LogP contribution in [-0.4, -0.2) is 25.2 Å². The molecule has 1 fully saturated rings. The average Bonchev–Trinajstić information content (AvgIpc) is 2.68. The fourth-order valence-corrected chi connectivity index (χ4v) is 1.89. The van der Waals surface area contributed by atoms with Gasteiger partial charge in [-0.3, -0.25) is 10.1 Å². The van der Waals surface area contributed by atoms with Gasteiger partial charge in [0, 0.05) is 0 Å². The maximum absolute atomic E-state index is 11.5. The number of rotatable bonds is 1. The Bertz CT molecular complexity index is 500. The summed E-state index contributed by atoms with van der Waals surface area (Å²) in [5, 5.41) is 4.72. The Balaban J connectivity index is 1.93. The minimum atomic E-state index is -0.654. The zero-order valence-electron chi connectivity index (χ0n) is 8.86. The fourth-order valence-electron chi connectivity index (χ4n) is 1.89. The molecule has 0 aliphatic carbocycles. The van der Waals surface area contributed by atoms with Crippen LogP contribution in [0.3, 0.4) is 0 Å². The largest absolute Gasteiger partial charge is 0.486 e. The van der Waals surface area contributed by atoms with Crippen LogP contribution in [0.15, 0.2) is 18.2 Å². The first-order chi connectivity index (χ1) is 8.24. The van der Waals surface area contributed by atoms with Crippen LogP contribution in [0.1, 0.15) is 11.6 Å². The molecular formula is C11H10N2O4. The first kappa shape index (κ1) is 9.95. The van der Waals surface area contributed by atoms with Crippen LogP contribution < -0.4 is 20.1 Å². The van der Waals surface area contributed by atoms with Gasteiger partial charge in [0.05, 0.1) is 0 Å². The lowest BCUT2D eigenvalue weighted by atomic mass is 10.1. The maximum atomic E-state index is 11.5. The van der Waals surface area contributed by atoms with E-state index in [1.807, 2.05) is 0 Å². The van der Waals surface area contributed by atoms with Crippen molar-refractivity contribution in [3.63, 3.8) is 0 Å². The van der Waals surface area contributed by atoms with Crippen molar-refractivity contribution >= 4 is 11.9 Å². The average molecular weight is 234 g/mol. The monoisotopic (exact) mass is 234 g/mol. The summed E-state index contributed by atoms with van der Waals surface area (Å²) < 4.78 is 10.8. The van der Waals surface area contributed by atoms with E-state index >= 15 is 0 Å². The van der Waals surface area contributed by atoms with E-state index in [0.717, 1.165) is 0 Å². The molecule has 0 radical (unpaired) electrons. The third-order valence-corrected chi connectivity index (χ3v) is 2.67. The molecule has 2 heterocycles. The summed E-state index contributed by atoms with van der Waals surface area (Å²) in [5.41, 5.74) is 0.678. The number of carbonyl (C=O) groups excluding carboxylic acids is 2. The predicted molar refractivity (Wildman–Crippen MR) is 56.8 cm³/mol. The Kier molecular flexibility index (Phi) is 2.14. The number of imide groups is 1. The first-order valence-corrected chi connectivity index (χ1v) is 5.25. The number of ether oxygens (including phenoxy) is 2. The summed E-state index contributed by atoms with van der Waals surface area (Å²) >= 11 is 0. The van der Waals surface area contributed by atoms with E-state index in [9.17, 15) is 9.59 Å². The molecule has 3 rings (SSSR count). The minimum Gasteiger partial charge on any atom is -0.486 e. The predicted octanol–water partition coefficient (Wildman–Crippen LogP) is 0.338. The molecular weight excluding hydrogens is 224 g/mol. The SMILES string of the molecule is O=C1NC(=O)[C@@H](c2ccc3c(c2)OCCO3)N1. The standard InChI is InChI=1S/C11H10N2O4/c14-10-9(12-11(15)13-10)6-1-2-7-8(5-6)17-4-3-16-7/h1-2,5,9H,3-4H2,(H2,12,13,14,15)/t9-/m1/s1. The van der Waals surface area contributed by atoms with E-state index in [-0.39, 0.29) is 5.91 Å². The number of nitrogens with one attached hydrogen (secondary N) is 2. The Labute approximate surface area is 96.9 Å². The van der Waals surface area contributed by atoms with Crippen molar-refractivity contribution in [3.05, 3.63) is 23.8 Å². The lowest BCUT2D eigenvalue weighted by molar-refractivity contribution is -0.120. The summed E-state index contributed by atoms with van der Waals surface area (Å²) in [5.74, 6) is 0.902. The zero-order valence-corrected chi connectivity index (χ0v) is 8.86. The number of amides is 3. The Morgan fingerprint density at radius 2 is 1.88 bits per heavy atom. The third kappa shape index (κ3) is 1.67. The number of hydrogen-bond acceptors (Lipinski definition) is 4.